The molecule has 0 fully saturated rings. The zero-order chi connectivity index (χ0) is 23.6. The molecule has 178 valence electrons. The lowest BCUT2D eigenvalue weighted by molar-refractivity contribution is 0.0957. The summed E-state index contributed by atoms with van der Waals surface area (Å²) in [6, 6.07) is 19.6. The van der Waals surface area contributed by atoms with Crippen molar-refractivity contribution < 1.29 is 9.53 Å². The summed E-state index contributed by atoms with van der Waals surface area (Å²) in [5.74, 6) is 2.02. The molecule has 0 saturated carbocycles. The Morgan fingerprint density at radius 2 is 1.82 bits per heavy atom. The molecule has 1 amide bonds. The van der Waals surface area contributed by atoms with E-state index >= 15 is 0 Å². The van der Waals surface area contributed by atoms with Crippen LogP contribution in [0.5, 0.6) is 5.75 Å². The molecule has 0 aliphatic rings. The Labute approximate surface area is 209 Å². The molecule has 1 N–H and O–H groups in total. The number of fused-ring (bicyclic) bond motifs is 1. The minimum absolute atomic E-state index is 0.0248. The molecule has 0 atom stereocenters. The molecule has 2 aromatic heterocycles. The molecular formula is C27H30ClN3O2S. The van der Waals surface area contributed by atoms with E-state index in [2.05, 4.69) is 28.1 Å². The summed E-state index contributed by atoms with van der Waals surface area (Å²) in [6.07, 6.45) is 6.02. The first-order chi connectivity index (χ1) is 16.7. The number of rotatable bonds is 13. The number of carbonyl (C=O) groups excluding carboxylic acids is 1. The molecule has 4 rings (SSSR count). The standard InChI is InChI=1S/C27H30ClN3O2S/c28-21-13-15-22(16-14-21)33-19-7-6-18-31-24-10-4-3-9-23(24)30-26(31)12-2-1-5-17-29-27(32)25-11-8-20-34-25/h3-4,8-11,13-16,20H,1-2,5-7,12,17-19H2,(H,29,32). The number of nitrogens with zero attached hydrogens (tertiary/aromatic N) is 2. The number of halogens is 1. The smallest absolute Gasteiger partial charge is 0.261 e. The predicted molar refractivity (Wildman–Crippen MR) is 140 cm³/mol. The third-order valence-corrected chi connectivity index (χ3v) is 6.82. The predicted octanol–water partition coefficient (Wildman–Crippen LogP) is 6.75. The summed E-state index contributed by atoms with van der Waals surface area (Å²) >= 11 is 7.40. The Morgan fingerprint density at radius 3 is 2.65 bits per heavy atom. The van der Waals surface area contributed by atoms with Gasteiger partial charge in [-0.25, -0.2) is 4.98 Å². The highest BCUT2D eigenvalue weighted by atomic mass is 35.5. The van der Waals surface area contributed by atoms with Crippen LogP contribution in [0.25, 0.3) is 11.0 Å². The lowest BCUT2D eigenvalue weighted by Crippen LogP contribution is -2.23. The van der Waals surface area contributed by atoms with Crippen LogP contribution < -0.4 is 10.1 Å². The van der Waals surface area contributed by atoms with E-state index in [0.29, 0.717) is 13.2 Å². The molecule has 0 radical (unpaired) electrons. The second-order valence-corrected chi connectivity index (χ2v) is 9.61. The van der Waals surface area contributed by atoms with Crippen molar-refractivity contribution in [2.24, 2.45) is 0 Å². The Kier molecular flexibility index (Phi) is 8.99. The Balaban J connectivity index is 1.22. The summed E-state index contributed by atoms with van der Waals surface area (Å²) < 4.78 is 8.19. The van der Waals surface area contributed by atoms with E-state index in [0.717, 1.165) is 72.1 Å². The van der Waals surface area contributed by atoms with E-state index in [1.807, 2.05) is 47.8 Å². The lowest BCUT2D eigenvalue weighted by atomic mass is 10.2. The van der Waals surface area contributed by atoms with Gasteiger partial charge >= 0.3 is 0 Å². The van der Waals surface area contributed by atoms with Crippen molar-refractivity contribution in [1.29, 1.82) is 0 Å². The summed E-state index contributed by atoms with van der Waals surface area (Å²) in [5, 5.41) is 5.65. The first-order valence-electron chi connectivity index (χ1n) is 11.8. The summed E-state index contributed by atoms with van der Waals surface area (Å²) in [5.41, 5.74) is 2.25. The molecule has 2 aromatic carbocycles. The van der Waals surface area contributed by atoms with Crippen LogP contribution in [0.3, 0.4) is 0 Å². The van der Waals surface area contributed by atoms with Crippen molar-refractivity contribution in [3.05, 3.63) is 81.8 Å². The molecule has 2 heterocycles. The molecule has 34 heavy (non-hydrogen) atoms. The van der Waals surface area contributed by atoms with Crippen LogP contribution in [0.2, 0.25) is 5.02 Å². The molecule has 0 spiro atoms. The number of unbranched alkanes of at least 4 members (excludes halogenated alkanes) is 3. The fourth-order valence-corrected chi connectivity index (χ4v) is 4.71. The quantitative estimate of drug-likeness (QED) is 0.209. The number of imidazole rings is 1. The van der Waals surface area contributed by atoms with Crippen molar-refractivity contribution in [3.63, 3.8) is 0 Å². The summed E-state index contributed by atoms with van der Waals surface area (Å²) in [4.78, 5) is 17.7. The fourth-order valence-electron chi connectivity index (χ4n) is 3.94. The van der Waals surface area contributed by atoms with Gasteiger partial charge in [0.25, 0.3) is 5.91 Å². The van der Waals surface area contributed by atoms with Gasteiger partial charge in [0.05, 0.1) is 22.5 Å². The zero-order valence-electron chi connectivity index (χ0n) is 19.2. The largest absolute Gasteiger partial charge is 0.494 e. The third-order valence-electron chi connectivity index (χ3n) is 5.70. The second kappa shape index (κ2) is 12.6. The number of benzene rings is 2. The van der Waals surface area contributed by atoms with Gasteiger partial charge in [0, 0.05) is 24.5 Å². The SMILES string of the molecule is O=C(NCCCCCc1nc2ccccc2n1CCCCOc1ccc(Cl)cc1)c1cccs1. The first kappa shape index (κ1) is 24.3. The highest BCUT2D eigenvalue weighted by Gasteiger charge is 2.10. The Morgan fingerprint density at radius 1 is 0.971 bits per heavy atom. The maximum atomic E-state index is 12.0. The number of thiophene rings is 1. The molecule has 0 unspecified atom stereocenters. The van der Waals surface area contributed by atoms with Crippen molar-refractivity contribution in [1.82, 2.24) is 14.9 Å². The number of para-hydroxylation sites is 2. The van der Waals surface area contributed by atoms with Crippen LogP contribution >= 0.6 is 22.9 Å². The van der Waals surface area contributed by atoms with Crippen molar-refractivity contribution in [2.45, 2.75) is 45.1 Å². The number of hydrogen-bond donors (Lipinski definition) is 1. The van der Waals surface area contributed by atoms with Crippen LogP contribution in [0.4, 0.5) is 0 Å². The molecule has 0 bridgehead atoms. The Hall–Kier alpha value is -2.83. The van der Waals surface area contributed by atoms with Gasteiger partial charge in [-0.1, -0.05) is 36.2 Å². The highest BCUT2D eigenvalue weighted by Crippen LogP contribution is 2.20. The van der Waals surface area contributed by atoms with Gasteiger partial charge in [-0.2, -0.15) is 0 Å². The number of aryl methyl sites for hydroxylation is 2. The van der Waals surface area contributed by atoms with E-state index in [1.165, 1.54) is 16.9 Å². The van der Waals surface area contributed by atoms with Gasteiger partial charge in [-0.3, -0.25) is 4.79 Å². The van der Waals surface area contributed by atoms with Crippen LogP contribution in [-0.2, 0) is 13.0 Å². The molecule has 0 aliphatic heterocycles. The van der Waals surface area contributed by atoms with Gasteiger partial charge in [0.15, 0.2) is 0 Å². The van der Waals surface area contributed by atoms with E-state index in [4.69, 9.17) is 21.3 Å². The van der Waals surface area contributed by atoms with Crippen molar-refractivity contribution in [3.8, 4) is 5.75 Å². The fraction of sp³-hybridized carbons (Fsp3) is 0.333. The summed E-state index contributed by atoms with van der Waals surface area (Å²) in [7, 11) is 0. The molecule has 5 nitrogen and oxygen atoms in total. The van der Waals surface area contributed by atoms with Gasteiger partial charge in [0.2, 0.25) is 0 Å². The molecular weight excluding hydrogens is 466 g/mol. The number of aromatic nitrogens is 2. The van der Waals surface area contributed by atoms with Crippen LogP contribution in [0.15, 0.2) is 66.0 Å². The normalized spacial score (nSPS) is 11.1. The minimum Gasteiger partial charge on any atom is -0.494 e. The van der Waals surface area contributed by atoms with Gasteiger partial charge in [-0.05, 0) is 73.5 Å². The number of hydrogen-bond acceptors (Lipinski definition) is 4. The van der Waals surface area contributed by atoms with E-state index in [9.17, 15) is 4.79 Å². The topological polar surface area (TPSA) is 56.2 Å². The number of ether oxygens (including phenoxy) is 1. The van der Waals surface area contributed by atoms with Crippen molar-refractivity contribution in [2.75, 3.05) is 13.2 Å². The van der Waals surface area contributed by atoms with Crippen LogP contribution in [0.1, 0.15) is 47.6 Å². The van der Waals surface area contributed by atoms with Crippen LogP contribution in [-0.4, -0.2) is 28.6 Å². The van der Waals surface area contributed by atoms with Gasteiger partial charge < -0.3 is 14.6 Å². The van der Waals surface area contributed by atoms with Gasteiger partial charge in [-0.15, -0.1) is 11.3 Å². The average molecular weight is 496 g/mol. The average Bonchev–Trinajstić information content (AvgIpc) is 3.51. The van der Waals surface area contributed by atoms with Crippen molar-refractivity contribution >= 4 is 39.9 Å². The monoisotopic (exact) mass is 495 g/mol. The number of carbonyl (C=O) groups is 1. The van der Waals surface area contributed by atoms with E-state index in [-0.39, 0.29) is 5.91 Å². The molecule has 0 aliphatic carbocycles. The van der Waals surface area contributed by atoms with Gasteiger partial charge in [0.1, 0.15) is 11.6 Å². The third kappa shape index (κ3) is 6.84. The molecule has 7 heteroatoms. The molecule has 0 saturated heterocycles. The number of amides is 1. The number of nitrogens with one attached hydrogen (secondary N) is 1. The van der Waals surface area contributed by atoms with E-state index < -0.39 is 0 Å². The maximum absolute atomic E-state index is 12.0. The first-order valence-corrected chi connectivity index (χ1v) is 13.1. The molecule has 4 aromatic rings. The second-order valence-electron chi connectivity index (χ2n) is 8.22. The lowest BCUT2D eigenvalue weighted by Gasteiger charge is -2.10. The summed E-state index contributed by atoms with van der Waals surface area (Å²) in [6.45, 7) is 2.32. The minimum atomic E-state index is 0.0248. The van der Waals surface area contributed by atoms with E-state index in [1.54, 1.807) is 0 Å². The Bertz CT molecular complexity index is 1170. The zero-order valence-corrected chi connectivity index (χ0v) is 20.8. The maximum Gasteiger partial charge on any atom is 0.261 e. The van der Waals surface area contributed by atoms with Crippen LogP contribution in [0, 0.1) is 0 Å². The highest BCUT2D eigenvalue weighted by molar-refractivity contribution is 7.12.